The van der Waals surface area contributed by atoms with E-state index in [-0.39, 0.29) is 5.41 Å². The molecule has 0 atom stereocenters. The molecule has 1 aliphatic carbocycles. The molecule has 1 N–H and O–H groups in total. The van der Waals surface area contributed by atoms with Crippen LogP contribution in [0.2, 0.25) is 0 Å². The fourth-order valence-corrected chi connectivity index (χ4v) is 5.08. The van der Waals surface area contributed by atoms with Crippen LogP contribution in [-0.2, 0) is 16.4 Å². The van der Waals surface area contributed by atoms with Crippen molar-refractivity contribution < 1.29 is 8.42 Å². The van der Waals surface area contributed by atoms with Gasteiger partial charge in [-0.1, -0.05) is 67.3 Å². The van der Waals surface area contributed by atoms with E-state index in [4.69, 9.17) is 0 Å². The minimum absolute atomic E-state index is 0.0753. The van der Waals surface area contributed by atoms with Gasteiger partial charge in [0.25, 0.3) is 0 Å². The molecule has 3 nitrogen and oxygen atoms in total. The van der Waals surface area contributed by atoms with E-state index in [1.165, 1.54) is 24.8 Å². The number of hydrogen-bond acceptors (Lipinski definition) is 2. The second-order valence-electron chi connectivity index (χ2n) is 7.68. The third-order valence-electron chi connectivity index (χ3n) is 5.67. The molecule has 0 radical (unpaired) electrons. The summed E-state index contributed by atoms with van der Waals surface area (Å²) in [6.07, 6.45) is 7.91. The van der Waals surface area contributed by atoms with Gasteiger partial charge in [0.2, 0.25) is 10.0 Å². The van der Waals surface area contributed by atoms with Gasteiger partial charge in [0, 0.05) is 6.54 Å². The molecule has 26 heavy (non-hydrogen) atoms. The zero-order valence-corrected chi connectivity index (χ0v) is 16.4. The summed E-state index contributed by atoms with van der Waals surface area (Å²) >= 11 is 0. The summed E-state index contributed by atoms with van der Waals surface area (Å²) in [7, 11) is -3.45. The molecule has 2 aromatic carbocycles. The van der Waals surface area contributed by atoms with E-state index in [0.29, 0.717) is 11.4 Å². The number of sulfonamides is 1. The van der Waals surface area contributed by atoms with Gasteiger partial charge in [0.05, 0.1) is 4.90 Å². The van der Waals surface area contributed by atoms with E-state index in [1.807, 2.05) is 25.1 Å². The highest BCUT2D eigenvalue weighted by molar-refractivity contribution is 7.89. The molecule has 3 rings (SSSR count). The van der Waals surface area contributed by atoms with Crippen LogP contribution in [0, 0.1) is 12.3 Å². The van der Waals surface area contributed by atoms with Crippen molar-refractivity contribution in [1.82, 2.24) is 4.72 Å². The molecule has 1 aliphatic rings. The quantitative estimate of drug-likeness (QED) is 0.756. The Morgan fingerprint density at radius 2 is 1.58 bits per heavy atom. The highest BCUT2D eigenvalue weighted by atomic mass is 32.2. The highest BCUT2D eigenvalue weighted by Crippen LogP contribution is 2.40. The minimum Gasteiger partial charge on any atom is -0.211 e. The summed E-state index contributed by atoms with van der Waals surface area (Å²) < 4.78 is 28.3. The monoisotopic (exact) mass is 371 g/mol. The molecule has 4 heteroatoms. The summed E-state index contributed by atoms with van der Waals surface area (Å²) in [4.78, 5) is 0.358. The SMILES string of the molecule is Cc1ccc(S(=O)(=O)NCC2(CCc3ccccc3)CCCCC2)cc1. The molecule has 140 valence electrons. The number of aryl methyl sites for hydroxylation is 2. The summed E-state index contributed by atoms with van der Waals surface area (Å²) in [5, 5.41) is 0. The maximum Gasteiger partial charge on any atom is 0.240 e. The second kappa shape index (κ2) is 8.36. The van der Waals surface area contributed by atoms with Crippen molar-refractivity contribution in [2.45, 2.75) is 56.8 Å². The lowest BCUT2D eigenvalue weighted by Gasteiger charge is -2.37. The first-order valence-corrected chi connectivity index (χ1v) is 11.1. The Morgan fingerprint density at radius 1 is 0.923 bits per heavy atom. The molecule has 0 aliphatic heterocycles. The molecular formula is C22H29NO2S. The van der Waals surface area contributed by atoms with Gasteiger partial charge in [-0.2, -0.15) is 0 Å². The molecule has 2 aromatic rings. The Labute approximate surface area is 157 Å². The Bertz CT molecular complexity index is 792. The fraction of sp³-hybridized carbons (Fsp3) is 0.455. The molecule has 0 amide bonds. The maximum atomic E-state index is 12.7. The van der Waals surface area contributed by atoms with Crippen molar-refractivity contribution in [2.24, 2.45) is 5.41 Å². The summed E-state index contributed by atoms with van der Waals surface area (Å²) in [5.41, 5.74) is 2.47. The van der Waals surface area contributed by atoms with Crippen LogP contribution in [0.5, 0.6) is 0 Å². The van der Waals surface area contributed by atoms with Gasteiger partial charge in [-0.3, -0.25) is 0 Å². The van der Waals surface area contributed by atoms with E-state index < -0.39 is 10.0 Å². The smallest absolute Gasteiger partial charge is 0.211 e. The van der Waals surface area contributed by atoms with E-state index >= 15 is 0 Å². The van der Waals surface area contributed by atoms with Crippen LogP contribution >= 0.6 is 0 Å². The van der Waals surface area contributed by atoms with Gasteiger partial charge in [0.1, 0.15) is 0 Å². The standard InChI is InChI=1S/C22H29NO2S/c1-19-10-12-21(13-11-19)26(24,25)23-18-22(15-6-3-7-16-22)17-14-20-8-4-2-5-9-20/h2,4-5,8-13,23H,3,6-7,14-18H2,1H3. The van der Waals surface area contributed by atoms with Crippen molar-refractivity contribution in [2.75, 3.05) is 6.54 Å². The van der Waals surface area contributed by atoms with Crippen molar-refractivity contribution in [3.05, 3.63) is 65.7 Å². The van der Waals surface area contributed by atoms with Crippen LogP contribution in [0.3, 0.4) is 0 Å². The zero-order valence-electron chi connectivity index (χ0n) is 15.6. The summed E-state index contributed by atoms with van der Waals surface area (Å²) in [6.45, 7) is 2.50. The van der Waals surface area contributed by atoms with Gasteiger partial charge in [-0.25, -0.2) is 13.1 Å². The molecule has 0 spiro atoms. The van der Waals surface area contributed by atoms with Crippen LogP contribution in [-0.4, -0.2) is 15.0 Å². The van der Waals surface area contributed by atoms with E-state index in [0.717, 1.165) is 31.2 Å². The largest absolute Gasteiger partial charge is 0.240 e. The number of benzene rings is 2. The first-order valence-electron chi connectivity index (χ1n) is 9.59. The first kappa shape index (κ1) is 19.1. The lowest BCUT2D eigenvalue weighted by Crippen LogP contribution is -2.39. The van der Waals surface area contributed by atoms with Gasteiger partial charge in [-0.05, 0) is 55.7 Å². The molecule has 0 heterocycles. The Kier molecular flexibility index (Phi) is 6.15. The van der Waals surface area contributed by atoms with Gasteiger partial charge < -0.3 is 0 Å². The number of rotatable bonds is 7. The van der Waals surface area contributed by atoms with Gasteiger partial charge in [0.15, 0.2) is 0 Å². The van der Waals surface area contributed by atoms with E-state index in [2.05, 4.69) is 29.0 Å². The Balaban J connectivity index is 1.68. The van der Waals surface area contributed by atoms with Crippen molar-refractivity contribution in [3.8, 4) is 0 Å². The normalized spacial score (nSPS) is 17.1. The average Bonchev–Trinajstić information content (AvgIpc) is 2.67. The van der Waals surface area contributed by atoms with Crippen LogP contribution in [0.25, 0.3) is 0 Å². The van der Waals surface area contributed by atoms with Crippen LogP contribution < -0.4 is 4.72 Å². The molecule has 0 unspecified atom stereocenters. The fourth-order valence-electron chi connectivity index (χ4n) is 3.92. The van der Waals surface area contributed by atoms with Crippen molar-refractivity contribution >= 4 is 10.0 Å². The zero-order chi connectivity index (χ0) is 18.5. The molecule has 0 saturated heterocycles. The lowest BCUT2D eigenvalue weighted by atomic mass is 9.71. The molecule has 0 bridgehead atoms. The Hall–Kier alpha value is -1.65. The summed E-state index contributed by atoms with van der Waals surface area (Å²) in [5.74, 6) is 0. The maximum absolute atomic E-state index is 12.7. The number of nitrogens with one attached hydrogen (secondary N) is 1. The van der Waals surface area contributed by atoms with E-state index in [9.17, 15) is 8.42 Å². The average molecular weight is 372 g/mol. The molecule has 1 fully saturated rings. The van der Waals surface area contributed by atoms with Crippen LogP contribution in [0.1, 0.15) is 49.7 Å². The van der Waals surface area contributed by atoms with Gasteiger partial charge >= 0.3 is 0 Å². The minimum atomic E-state index is -3.45. The molecular weight excluding hydrogens is 342 g/mol. The summed E-state index contributed by atoms with van der Waals surface area (Å²) in [6, 6.07) is 17.6. The second-order valence-corrected chi connectivity index (χ2v) is 9.45. The first-order chi connectivity index (χ1) is 12.5. The molecule has 1 saturated carbocycles. The third-order valence-corrected chi connectivity index (χ3v) is 7.09. The lowest BCUT2D eigenvalue weighted by molar-refractivity contribution is 0.176. The Morgan fingerprint density at radius 3 is 2.23 bits per heavy atom. The van der Waals surface area contributed by atoms with E-state index in [1.54, 1.807) is 12.1 Å². The van der Waals surface area contributed by atoms with Crippen LogP contribution in [0.15, 0.2) is 59.5 Å². The van der Waals surface area contributed by atoms with Gasteiger partial charge in [-0.15, -0.1) is 0 Å². The van der Waals surface area contributed by atoms with Crippen LogP contribution in [0.4, 0.5) is 0 Å². The highest BCUT2D eigenvalue weighted by Gasteiger charge is 2.33. The third kappa shape index (κ3) is 4.95. The van der Waals surface area contributed by atoms with Crippen molar-refractivity contribution in [1.29, 1.82) is 0 Å². The topological polar surface area (TPSA) is 46.2 Å². The number of hydrogen-bond donors (Lipinski definition) is 1. The van der Waals surface area contributed by atoms with Crippen molar-refractivity contribution in [3.63, 3.8) is 0 Å². The predicted octanol–water partition coefficient (Wildman–Crippen LogP) is 4.86. The predicted molar refractivity (Wildman–Crippen MR) is 107 cm³/mol. The molecule has 0 aromatic heterocycles.